The molecule has 0 bridgehead atoms. The van der Waals surface area contributed by atoms with Gasteiger partial charge in [-0.3, -0.25) is 9.69 Å². The molecular weight excluding hydrogens is 490 g/mol. The van der Waals surface area contributed by atoms with E-state index in [0.717, 1.165) is 18.5 Å². The number of likely N-dealkylation sites (tertiary alicyclic amines) is 1. The van der Waals surface area contributed by atoms with Crippen molar-refractivity contribution in [3.05, 3.63) is 47.3 Å². The molecule has 13 heteroatoms. The summed E-state index contributed by atoms with van der Waals surface area (Å²) in [6.07, 6.45) is -3.40. The van der Waals surface area contributed by atoms with Crippen LogP contribution < -0.4 is 16.0 Å². The predicted molar refractivity (Wildman–Crippen MR) is 120 cm³/mol. The topological polar surface area (TPSA) is 87.4 Å². The predicted octanol–water partition coefficient (Wildman–Crippen LogP) is 3.67. The molecule has 0 spiro atoms. The summed E-state index contributed by atoms with van der Waals surface area (Å²) in [6.45, 7) is 0.905. The van der Waals surface area contributed by atoms with E-state index in [1.165, 1.54) is 4.90 Å². The summed E-state index contributed by atoms with van der Waals surface area (Å²) in [5, 5.41) is 2.82. The van der Waals surface area contributed by atoms with E-state index in [4.69, 9.17) is 5.73 Å². The van der Waals surface area contributed by atoms with Crippen LogP contribution in [-0.2, 0) is 11.0 Å². The number of benzene rings is 1. The van der Waals surface area contributed by atoms with Crippen LogP contribution in [0, 0.1) is 17.6 Å². The summed E-state index contributed by atoms with van der Waals surface area (Å²) < 4.78 is 83.3. The van der Waals surface area contributed by atoms with Crippen molar-refractivity contribution >= 4 is 17.5 Å². The minimum absolute atomic E-state index is 0.0241. The number of anilines is 2. The van der Waals surface area contributed by atoms with Crippen molar-refractivity contribution < 1.29 is 31.1 Å². The highest BCUT2D eigenvalue weighted by Crippen LogP contribution is 2.40. The van der Waals surface area contributed by atoms with Gasteiger partial charge in [0.05, 0.1) is 18.2 Å². The van der Waals surface area contributed by atoms with Gasteiger partial charge in [0, 0.05) is 31.1 Å². The Balaban J connectivity index is 1.47. The molecule has 0 radical (unpaired) electrons. The number of nitrogens with zero attached hydrogens (tertiary/aromatic N) is 4. The Labute approximate surface area is 203 Å². The number of hydrogen-bond donors (Lipinski definition) is 2. The third-order valence-corrected chi connectivity index (χ3v) is 6.65. The molecule has 4 rings (SSSR count). The van der Waals surface area contributed by atoms with E-state index in [9.17, 15) is 26.7 Å². The summed E-state index contributed by atoms with van der Waals surface area (Å²) in [7, 11) is 0. The van der Waals surface area contributed by atoms with Crippen LogP contribution in [-0.4, -0.2) is 59.7 Å². The second-order valence-corrected chi connectivity index (χ2v) is 9.09. The van der Waals surface area contributed by atoms with Crippen molar-refractivity contribution in [3.63, 3.8) is 0 Å². The number of carbonyl (C=O) groups excluding carboxylic acids is 1. The largest absolute Gasteiger partial charge is 0.416 e. The summed E-state index contributed by atoms with van der Waals surface area (Å²) in [4.78, 5) is 22.1. The van der Waals surface area contributed by atoms with Crippen LogP contribution in [0.3, 0.4) is 0 Å². The molecule has 2 aliphatic heterocycles. The molecule has 0 aliphatic carbocycles. The zero-order valence-electron chi connectivity index (χ0n) is 19.2. The molecule has 0 unspecified atom stereocenters. The lowest BCUT2D eigenvalue weighted by Crippen LogP contribution is -2.46. The molecule has 2 fully saturated rings. The fourth-order valence-corrected chi connectivity index (χ4v) is 4.84. The number of rotatable bonds is 7. The molecule has 3 N–H and O–H groups in total. The highest BCUT2D eigenvalue weighted by Gasteiger charge is 2.35. The van der Waals surface area contributed by atoms with Crippen molar-refractivity contribution in [1.29, 1.82) is 0 Å². The van der Waals surface area contributed by atoms with E-state index in [1.54, 1.807) is 4.90 Å². The first-order valence-electron chi connectivity index (χ1n) is 11.6. The van der Waals surface area contributed by atoms with Gasteiger partial charge in [0.1, 0.15) is 18.3 Å². The summed E-state index contributed by atoms with van der Waals surface area (Å²) >= 11 is 0. The maximum absolute atomic E-state index is 15.4. The van der Waals surface area contributed by atoms with Gasteiger partial charge in [0.25, 0.3) is 0 Å². The van der Waals surface area contributed by atoms with Crippen molar-refractivity contribution in [1.82, 2.24) is 14.9 Å². The lowest BCUT2D eigenvalue weighted by Gasteiger charge is -2.34. The van der Waals surface area contributed by atoms with Crippen LogP contribution >= 0.6 is 0 Å². The number of nitrogens with two attached hydrogens (primary N) is 1. The number of hydrogen-bond acceptors (Lipinski definition) is 6. The molecule has 3 heterocycles. The molecule has 196 valence electrons. The number of piperidine rings is 1. The summed E-state index contributed by atoms with van der Waals surface area (Å²) in [5.41, 5.74) is 4.08. The maximum atomic E-state index is 15.4. The van der Waals surface area contributed by atoms with Gasteiger partial charge in [-0.1, -0.05) is 6.07 Å². The standard InChI is InChI=1S/C23H26F6N6O/c24-16-8-14(23(27,28)29)3-4-15(16)18-2-1-6-35(18)22-20(26)21(32-12-33-22)31-9-13-5-7-34(10-17(13)25)11-19(30)36/h3-4,8,12-13,17-18H,1-2,5-7,9-11H2,(H2,30,36)(H,31,32,33)/t13-,17+,18+/m0/s1. The average Bonchev–Trinajstić information content (AvgIpc) is 3.27. The Morgan fingerprint density at radius 2 is 1.94 bits per heavy atom. The number of primary amides is 1. The van der Waals surface area contributed by atoms with E-state index in [0.29, 0.717) is 38.4 Å². The molecule has 36 heavy (non-hydrogen) atoms. The molecule has 0 saturated carbocycles. The average molecular weight is 516 g/mol. The van der Waals surface area contributed by atoms with Gasteiger partial charge in [0.2, 0.25) is 11.7 Å². The molecule has 1 amide bonds. The molecule has 2 aliphatic rings. The summed E-state index contributed by atoms with van der Waals surface area (Å²) in [6, 6.07) is 1.62. The highest BCUT2D eigenvalue weighted by atomic mass is 19.4. The number of nitrogens with one attached hydrogen (secondary N) is 1. The Hall–Kier alpha value is -3.09. The number of alkyl halides is 4. The van der Waals surface area contributed by atoms with Crippen LogP contribution in [0.1, 0.15) is 36.4 Å². The minimum atomic E-state index is -4.68. The fourth-order valence-electron chi connectivity index (χ4n) is 4.84. The lowest BCUT2D eigenvalue weighted by molar-refractivity contribution is -0.137. The molecule has 1 aromatic carbocycles. The Kier molecular flexibility index (Phi) is 7.57. The summed E-state index contributed by atoms with van der Waals surface area (Å²) in [5.74, 6) is -3.06. The van der Waals surface area contributed by atoms with E-state index in [2.05, 4.69) is 15.3 Å². The number of carbonyl (C=O) groups is 1. The van der Waals surface area contributed by atoms with Crippen molar-refractivity contribution in [3.8, 4) is 0 Å². The Bertz CT molecular complexity index is 1100. The monoisotopic (exact) mass is 516 g/mol. The first-order valence-corrected chi connectivity index (χ1v) is 11.6. The fraction of sp³-hybridized carbons (Fsp3) is 0.522. The second-order valence-electron chi connectivity index (χ2n) is 9.09. The van der Waals surface area contributed by atoms with Gasteiger partial charge >= 0.3 is 6.18 Å². The van der Waals surface area contributed by atoms with Crippen molar-refractivity contribution in [2.24, 2.45) is 11.7 Å². The van der Waals surface area contributed by atoms with Crippen molar-refractivity contribution in [2.45, 2.75) is 37.7 Å². The van der Waals surface area contributed by atoms with Gasteiger partial charge in [0.15, 0.2) is 11.6 Å². The van der Waals surface area contributed by atoms with E-state index in [1.807, 2.05) is 0 Å². The van der Waals surface area contributed by atoms with Crippen molar-refractivity contribution in [2.75, 3.05) is 42.9 Å². The smallest absolute Gasteiger partial charge is 0.369 e. The SMILES string of the molecule is NC(=O)CN1CC[C@@H](CNc2ncnc(N3CCC[C@@H]3c3ccc(C(F)(F)F)cc3F)c2F)[C@H](F)C1. The van der Waals surface area contributed by atoms with Crippen LogP contribution in [0.2, 0.25) is 0 Å². The minimum Gasteiger partial charge on any atom is -0.369 e. The van der Waals surface area contributed by atoms with Gasteiger partial charge in [-0.15, -0.1) is 0 Å². The molecule has 2 aromatic rings. The first kappa shape index (κ1) is 26.0. The molecule has 7 nitrogen and oxygen atoms in total. The normalized spacial score (nSPS) is 23.2. The number of aromatic nitrogens is 2. The van der Waals surface area contributed by atoms with E-state index in [-0.39, 0.29) is 36.8 Å². The second kappa shape index (κ2) is 10.5. The quantitative estimate of drug-likeness (QED) is 0.547. The van der Waals surface area contributed by atoms with E-state index >= 15 is 4.39 Å². The Morgan fingerprint density at radius 1 is 1.17 bits per heavy atom. The number of halogens is 6. The Morgan fingerprint density at radius 3 is 2.61 bits per heavy atom. The van der Waals surface area contributed by atoms with Gasteiger partial charge in [-0.2, -0.15) is 17.6 Å². The highest BCUT2D eigenvalue weighted by molar-refractivity contribution is 5.75. The third kappa shape index (κ3) is 5.66. The maximum Gasteiger partial charge on any atom is 0.416 e. The van der Waals surface area contributed by atoms with Gasteiger partial charge in [-0.25, -0.2) is 18.7 Å². The molecule has 3 atom stereocenters. The molecule has 1 aromatic heterocycles. The van der Waals surface area contributed by atoms with Crippen LogP contribution in [0.25, 0.3) is 0 Å². The first-order chi connectivity index (χ1) is 17.0. The molecular formula is C23H26F6N6O. The van der Waals surface area contributed by atoms with Gasteiger partial charge < -0.3 is 16.0 Å². The van der Waals surface area contributed by atoms with Crippen LogP contribution in [0.5, 0.6) is 0 Å². The number of amides is 1. The zero-order valence-corrected chi connectivity index (χ0v) is 19.2. The lowest BCUT2D eigenvalue weighted by atomic mass is 9.95. The van der Waals surface area contributed by atoms with E-state index < -0.39 is 47.4 Å². The van der Waals surface area contributed by atoms with Crippen LogP contribution in [0.4, 0.5) is 38.0 Å². The van der Waals surface area contributed by atoms with Gasteiger partial charge in [-0.05, 0) is 37.9 Å². The third-order valence-electron chi connectivity index (χ3n) is 6.65. The van der Waals surface area contributed by atoms with Crippen LogP contribution in [0.15, 0.2) is 24.5 Å². The molecule has 2 saturated heterocycles. The zero-order chi connectivity index (χ0) is 26.0.